The zero-order chi connectivity index (χ0) is 28.2. The van der Waals surface area contributed by atoms with E-state index in [0.29, 0.717) is 17.3 Å². The van der Waals surface area contributed by atoms with E-state index in [1.54, 1.807) is 12.3 Å². The molecule has 4 aromatic rings. The summed E-state index contributed by atoms with van der Waals surface area (Å²) in [5.41, 5.74) is 2.78. The fourth-order valence-electron chi connectivity index (χ4n) is 5.89. The molecule has 2 aliphatic heterocycles. The second-order valence-electron chi connectivity index (χ2n) is 11.5. The molecule has 0 aromatic carbocycles. The lowest BCUT2D eigenvalue weighted by atomic mass is 9.82. The van der Waals surface area contributed by atoms with Crippen LogP contribution in [0.5, 0.6) is 5.75 Å². The van der Waals surface area contributed by atoms with E-state index in [-0.39, 0.29) is 30.3 Å². The average molecular weight is 546 g/mol. The summed E-state index contributed by atoms with van der Waals surface area (Å²) in [7, 11) is 2.00. The molecular weight excluding hydrogens is 513 g/mol. The van der Waals surface area contributed by atoms with Crippen molar-refractivity contribution >= 4 is 17.1 Å². The molecule has 6 heterocycles. The zero-order valence-electron chi connectivity index (χ0n) is 23.1. The van der Waals surface area contributed by atoms with Crippen molar-refractivity contribution in [3.63, 3.8) is 0 Å². The molecule has 0 aliphatic carbocycles. The Hall–Kier alpha value is -4.21. The van der Waals surface area contributed by atoms with Crippen LogP contribution in [0.2, 0.25) is 0 Å². The van der Waals surface area contributed by atoms with Crippen LogP contribution in [0.4, 0.5) is 9.18 Å². The second-order valence-corrected chi connectivity index (χ2v) is 11.5. The van der Waals surface area contributed by atoms with Crippen molar-refractivity contribution < 1.29 is 18.7 Å². The predicted molar refractivity (Wildman–Crippen MR) is 147 cm³/mol. The van der Waals surface area contributed by atoms with Gasteiger partial charge < -0.3 is 14.0 Å². The maximum Gasteiger partial charge on any atom is 0.411 e. The Morgan fingerprint density at radius 1 is 1.15 bits per heavy atom. The van der Waals surface area contributed by atoms with Crippen LogP contribution in [0.25, 0.3) is 16.9 Å². The Balaban J connectivity index is 1.30. The molecule has 6 rings (SSSR count). The first-order valence-corrected chi connectivity index (χ1v) is 13.5. The summed E-state index contributed by atoms with van der Waals surface area (Å²) in [6, 6.07) is 9.79. The first kappa shape index (κ1) is 26.0. The van der Waals surface area contributed by atoms with Gasteiger partial charge in [-0.1, -0.05) is 0 Å². The first-order chi connectivity index (χ1) is 19.1. The molecule has 2 unspecified atom stereocenters. The van der Waals surface area contributed by atoms with Crippen molar-refractivity contribution in [2.75, 3.05) is 0 Å². The summed E-state index contributed by atoms with van der Waals surface area (Å²) in [6.07, 6.45) is 6.10. The highest BCUT2D eigenvalue weighted by Gasteiger charge is 2.44. The van der Waals surface area contributed by atoms with Crippen LogP contribution in [0.15, 0.2) is 53.6 Å². The highest BCUT2D eigenvalue weighted by molar-refractivity contribution is 5.85. The zero-order valence-corrected chi connectivity index (χ0v) is 23.1. The van der Waals surface area contributed by atoms with Gasteiger partial charge in [0, 0.05) is 48.4 Å². The molecule has 9 nitrogen and oxygen atoms in total. The van der Waals surface area contributed by atoms with E-state index in [1.807, 2.05) is 44.9 Å². The van der Waals surface area contributed by atoms with E-state index in [0.717, 1.165) is 48.5 Å². The van der Waals surface area contributed by atoms with Crippen molar-refractivity contribution in [2.24, 2.45) is 7.05 Å². The lowest BCUT2D eigenvalue weighted by Gasteiger charge is -2.46. The number of nitrogens with zero attached hydrogens (tertiary/aromatic N) is 5. The van der Waals surface area contributed by atoms with Gasteiger partial charge in [0.25, 0.3) is 5.56 Å². The summed E-state index contributed by atoms with van der Waals surface area (Å²) < 4.78 is 28.1. The SMILES string of the molecule is Cn1c2c(c3ccc(-n4ccc(OCc5ccc(F)cn5)cc4=O)nc31)C1CCCC(C2)N1C(=O)OC(C)(C)C. The topological polar surface area (TPSA) is 91.5 Å². The van der Waals surface area contributed by atoms with Crippen molar-refractivity contribution in [3.8, 4) is 11.6 Å². The largest absolute Gasteiger partial charge is 0.487 e. The molecule has 10 heteroatoms. The molecule has 0 radical (unpaired) electrons. The molecule has 0 saturated carbocycles. The Labute approximate surface area is 231 Å². The number of pyridine rings is 3. The fourth-order valence-corrected chi connectivity index (χ4v) is 5.89. The molecule has 2 aliphatic rings. The maximum atomic E-state index is 13.2. The molecule has 208 valence electrons. The van der Waals surface area contributed by atoms with Crippen LogP contribution >= 0.6 is 0 Å². The predicted octanol–water partition coefficient (Wildman–Crippen LogP) is 5.22. The highest BCUT2D eigenvalue weighted by atomic mass is 19.1. The number of halogens is 1. The van der Waals surface area contributed by atoms with Crippen LogP contribution in [-0.2, 0) is 24.8 Å². The van der Waals surface area contributed by atoms with Crippen molar-refractivity contribution in [1.82, 2.24) is 24.0 Å². The average Bonchev–Trinajstić information content (AvgIpc) is 3.17. The summed E-state index contributed by atoms with van der Waals surface area (Å²) in [5.74, 6) is 0.463. The second kappa shape index (κ2) is 9.76. The molecule has 2 atom stereocenters. The summed E-state index contributed by atoms with van der Waals surface area (Å²) in [5, 5.41) is 0.986. The third-order valence-electron chi connectivity index (χ3n) is 7.61. The van der Waals surface area contributed by atoms with Crippen LogP contribution in [-0.4, -0.2) is 41.7 Å². The minimum absolute atomic E-state index is 0.0662. The fraction of sp³-hybridized carbons (Fsp3) is 0.400. The summed E-state index contributed by atoms with van der Waals surface area (Å²) in [4.78, 5) is 37.0. The van der Waals surface area contributed by atoms with Crippen LogP contribution in [0, 0.1) is 5.82 Å². The van der Waals surface area contributed by atoms with Crippen molar-refractivity contribution in [1.29, 1.82) is 0 Å². The van der Waals surface area contributed by atoms with Crippen LogP contribution in [0.1, 0.15) is 63.0 Å². The van der Waals surface area contributed by atoms with Crippen molar-refractivity contribution in [3.05, 3.63) is 81.9 Å². The lowest BCUT2D eigenvalue weighted by molar-refractivity contribution is -0.00973. The standard InChI is InChI=1S/C30H32FN5O4/c1-30(2,3)40-29(38)36-20-6-5-7-23(36)27-22-10-11-25(33-28(22)34(4)24(27)14-20)35-13-12-21(15-26(35)37)39-17-19-9-8-18(31)16-32-19/h8-13,15-16,20,23H,5-7,14,17H2,1-4H3. The van der Waals surface area contributed by atoms with Gasteiger partial charge in [-0.15, -0.1) is 0 Å². The van der Waals surface area contributed by atoms with E-state index in [9.17, 15) is 14.0 Å². The Bertz CT molecular complexity index is 1650. The monoisotopic (exact) mass is 545 g/mol. The van der Waals surface area contributed by atoms with Gasteiger partial charge in [0.1, 0.15) is 35.2 Å². The molecule has 0 spiro atoms. The smallest absolute Gasteiger partial charge is 0.411 e. The quantitative estimate of drug-likeness (QED) is 0.349. The Kier molecular flexibility index (Phi) is 6.35. The number of amides is 1. The number of carbonyl (C=O) groups excluding carboxylic acids is 1. The highest BCUT2D eigenvalue weighted by Crippen LogP contribution is 2.46. The number of carbonyl (C=O) groups is 1. The lowest BCUT2D eigenvalue weighted by Crippen LogP contribution is -2.51. The van der Waals surface area contributed by atoms with E-state index in [4.69, 9.17) is 14.5 Å². The van der Waals surface area contributed by atoms with Gasteiger partial charge >= 0.3 is 6.09 Å². The number of aromatic nitrogens is 4. The molecule has 4 aromatic heterocycles. The van der Waals surface area contributed by atoms with Crippen molar-refractivity contribution in [2.45, 2.75) is 70.7 Å². The van der Waals surface area contributed by atoms with E-state index in [1.165, 1.54) is 28.5 Å². The van der Waals surface area contributed by atoms with E-state index < -0.39 is 11.4 Å². The summed E-state index contributed by atoms with van der Waals surface area (Å²) >= 11 is 0. The number of hydrogen-bond donors (Lipinski definition) is 0. The normalized spacial score (nSPS) is 18.5. The molecule has 2 bridgehead atoms. The number of hydrogen-bond acceptors (Lipinski definition) is 6. The molecule has 1 fully saturated rings. The number of rotatable bonds is 4. The molecule has 1 amide bonds. The van der Waals surface area contributed by atoms with Gasteiger partial charge in [-0.2, -0.15) is 0 Å². The van der Waals surface area contributed by atoms with Gasteiger partial charge in [-0.3, -0.25) is 19.2 Å². The van der Waals surface area contributed by atoms with Gasteiger partial charge in [-0.25, -0.2) is 14.2 Å². The number of piperidine rings is 1. The first-order valence-electron chi connectivity index (χ1n) is 13.5. The summed E-state index contributed by atoms with van der Waals surface area (Å²) in [6.45, 7) is 5.79. The number of ether oxygens (including phenoxy) is 2. The molecule has 0 N–H and O–H groups in total. The van der Waals surface area contributed by atoms with E-state index >= 15 is 0 Å². The van der Waals surface area contributed by atoms with Gasteiger partial charge in [-0.05, 0) is 70.4 Å². The minimum Gasteiger partial charge on any atom is -0.487 e. The van der Waals surface area contributed by atoms with E-state index in [2.05, 4.69) is 9.55 Å². The number of fused-ring (bicyclic) bond motifs is 6. The molecular formula is C30H32FN5O4. The molecule has 1 saturated heterocycles. The number of aryl methyl sites for hydroxylation is 1. The van der Waals surface area contributed by atoms with Crippen LogP contribution in [0.3, 0.4) is 0 Å². The van der Waals surface area contributed by atoms with Gasteiger partial charge in [0.05, 0.1) is 17.9 Å². The Morgan fingerprint density at radius 2 is 1.98 bits per heavy atom. The third kappa shape index (κ3) is 4.71. The van der Waals surface area contributed by atoms with Crippen LogP contribution < -0.4 is 10.3 Å². The minimum atomic E-state index is -0.563. The third-order valence-corrected chi connectivity index (χ3v) is 7.61. The maximum absolute atomic E-state index is 13.2. The Morgan fingerprint density at radius 3 is 2.70 bits per heavy atom. The van der Waals surface area contributed by atoms with Gasteiger partial charge in [0.15, 0.2) is 0 Å². The molecule has 40 heavy (non-hydrogen) atoms. The van der Waals surface area contributed by atoms with Gasteiger partial charge in [0.2, 0.25) is 0 Å².